The Labute approximate surface area is 246 Å². The molecule has 0 spiro atoms. The second kappa shape index (κ2) is 10.8. The molecule has 0 bridgehead atoms. The molecular weight excluding hydrogens is 563 g/mol. The zero-order valence-corrected chi connectivity index (χ0v) is 23.7. The lowest BCUT2D eigenvalue weighted by molar-refractivity contribution is -0.141. The number of fused-ring (bicyclic) bond motifs is 4. The molecule has 1 atom stereocenters. The molecule has 42 heavy (non-hydrogen) atoms. The van der Waals surface area contributed by atoms with E-state index in [1.54, 1.807) is 35.8 Å². The summed E-state index contributed by atoms with van der Waals surface area (Å²) in [4.78, 5) is 45.6. The van der Waals surface area contributed by atoms with E-state index in [4.69, 9.17) is 9.47 Å². The number of carbonyl (C=O) groups is 3. The lowest BCUT2D eigenvalue weighted by Gasteiger charge is -2.26. The molecule has 11 heteroatoms. The number of hydrogen-bond acceptors (Lipinski definition) is 6. The fourth-order valence-electron chi connectivity index (χ4n) is 5.38. The summed E-state index contributed by atoms with van der Waals surface area (Å²) < 4.78 is 25.7. The van der Waals surface area contributed by atoms with Crippen molar-refractivity contribution in [1.82, 2.24) is 14.9 Å². The number of nitrogens with zero attached hydrogens (tertiary/aromatic N) is 3. The van der Waals surface area contributed by atoms with Gasteiger partial charge in [-0.25, -0.2) is 9.37 Å². The van der Waals surface area contributed by atoms with E-state index in [0.717, 1.165) is 16.3 Å². The predicted molar refractivity (Wildman–Crippen MR) is 158 cm³/mol. The highest BCUT2D eigenvalue weighted by molar-refractivity contribution is 6.15. The SMILES string of the molecule is COC(=O)Cn1c2ccccc2c2cc(C(=O)N[C@]3(C)C(=O)N(c4ccc(F)cc4)c4ccc(OC)cc43)ncc21.Cl. The second-order valence-corrected chi connectivity index (χ2v) is 9.85. The number of hydrogen-bond donors (Lipinski definition) is 1. The summed E-state index contributed by atoms with van der Waals surface area (Å²) >= 11 is 0. The molecule has 1 N–H and O–H groups in total. The zero-order valence-electron chi connectivity index (χ0n) is 22.9. The average Bonchev–Trinajstić information content (AvgIpc) is 3.41. The van der Waals surface area contributed by atoms with Crippen molar-refractivity contribution in [3.8, 4) is 5.75 Å². The van der Waals surface area contributed by atoms with Gasteiger partial charge in [-0.3, -0.25) is 19.3 Å². The normalized spacial score (nSPS) is 15.8. The van der Waals surface area contributed by atoms with Gasteiger partial charge in [0.25, 0.3) is 11.8 Å². The van der Waals surface area contributed by atoms with Crippen molar-refractivity contribution in [3.63, 3.8) is 0 Å². The summed E-state index contributed by atoms with van der Waals surface area (Å²) in [5.74, 6) is -1.32. The molecule has 5 aromatic rings. The molecule has 9 nitrogen and oxygen atoms in total. The van der Waals surface area contributed by atoms with Crippen LogP contribution in [0.1, 0.15) is 23.0 Å². The summed E-state index contributed by atoms with van der Waals surface area (Å²) in [5.41, 5.74) is 1.59. The molecule has 0 saturated carbocycles. The minimum atomic E-state index is -1.48. The molecular formula is C31H26ClFN4O5. The highest BCUT2D eigenvalue weighted by atomic mass is 35.5. The van der Waals surface area contributed by atoms with E-state index in [1.165, 1.54) is 49.6 Å². The lowest BCUT2D eigenvalue weighted by atomic mass is 9.93. The number of pyridine rings is 1. The first-order valence-electron chi connectivity index (χ1n) is 12.8. The third-order valence-electron chi connectivity index (χ3n) is 7.47. The largest absolute Gasteiger partial charge is 0.497 e. The van der Waals surface area contributed by atoms with Gasteiger partial charge in [0, 0.05) is 27.5 Å². The van der Waals surface area contributed by atoms with Gasteiger partial charge in [0.1, 0.15) is 29.3 Å². The van der Waals surface area contributed by atoms with Crippen LogP contribution in [0.25, 0.3) is 21.8 Å². The first kappa shape index (κ1) is 28.6. The minimum absolute atomic E-state index is 0. The Morgan fingerprint density at radius 3 is 2.43 bits per heavy atom. The highest BCUT2D eigenvalue weighted by Gasteiger charge is 2.49. The number of aromatic nitrogens is 2. The maximum atomic E-state index is 14.0. The van der Waals surface area contributed by atoms with Crippen LogP contribution in [0.5, 0.6) is 5.75 Å². The van der Waals surface area contributed by atoms with Crippen molar-refractivity contribution in [2.45, 2.75) is 19.0 Å². The third kappa shape index (κ3) is 4.50. The third-order valence-corrected chi connectivity index (χ3v) is 7.47. The number of para-hydroxylation sites is 1. The van der Waals surface area contributed by atoms with Crippen LogP contribution in [0.2, 0.25) is 0 Å². The van der Waals surface area contributed by atoms with Gasteiger partial charge in [0.05, 0.1) is 31.6 Å². The topological polar surface area (TPSA) is 103 Å². The van der Waals surface area contributed by atoms with Gasteiger partial charge in [-0.1, -0.05) is 18.2 Å². The number of nitrogens with one attached hydrogen (secondary N) is 1. The molecule has 214 valence electrons. The van der Waals surface area contributed by atoms with Crippen molar-refractivity contribution in [2.24, 2.45) is 0 Å². The zero-order chi connectivity index (χ0) is 28.9. The first-order chi connectivity index (χ1) is 19.7. The number of amides is 2. The summed E-state index contributed by atoms with van der Waals surface area (Å²) in [6.07, 6.45) is 1.54. The molecule has 1 aliphatic rings. The second-order valence-electron chi connectivity index (χ2n) is 9.85. The molecule has 0 radical (unpaired) electrons. The van der Waals surface area contributed by atoms with Crippen LogP contribution in [0.4, 0.5) is 15.8 Å². The quantitative estimate of drug-likeness (QED) is 0.272. The van der Waals surface area contributed by atoms with Crippen LogP contribution in [-0.4, -0.2) is 41.6 Å². The molecule has 0 aliphatic carbocycles. The van der Waals surface area contributed by atoms with Crippen LogP contribution >= 0.6 is 12.4 Å². The van der Waals surface area contributed by atoms with E-state index >= 15 is 0 Å². The van der Waals surface area contributed by atoms with Gasteiger partial charge in [-0.2, -0.15) is 0 Å². The minimum Gasteiger partial charge on any atom is -0.497 e. The Hall–Kier alpha value is -4.96. The van der Waals surface area contributed by atoms with Gasteiger partial charge < -0.3 is 19.4 Å². The van der Waals surface area contributed by atoms with Crippen molar-refractivity contribution in [2.75, 3.05) is 19.1 Å². The van der Waals surface area contributed by atoms with Crippen LogP contribution < -0.4 is 15.0 Å². The summed E-state index contributed by atoms with van der Waals surface area (Å²) in [7, 11) is 2.84. The molecule has 2 amide bonds. The molecule has 0 saturated heterocycles. The predicted octanol–water partition coefficient (Wildman–Crippen LogP) is 5.26. The van der Waals surface area contributed by atoms with Crippen LogP contribution in [0.3, 0.4) is 0 Å². The van der Waals surface area contributed by atoms with Gasteiger partial charge in [-0.15, -0.1) is 12.4 Å². The van der Waals surface area contributed by atoms with Crippen LogP contribution in [0, 0.1) is 5.82 Å². The van der Waals surface area contributed by atoms with E-state index in [0.29, 0.717) is 28.2 Å². The number of benzene rings is 3. The number of anilines is 2. The average molecular weight is 589 g/mol. The molecule has 2 aromatic heterocycles. The molecule has 0 unspecified atom stereocenters. The maximum Gasteiger partial charge on any atom is 0.325 e. The fraction of sp³-hybridized carbons (Fsp3) is 0.161. The van der Waals surface area contributed by atoms with Gasteiger partial charge in [-0.05, 0) is 61.5 Å². The smallest absolute Gasteiger partial charge is 0.325 e. The number of esters is 1. The standard InChI is InChI=1S/C31H25FN4O5.ClH/c1-31(23-14-20(40-2)12-13-26(23)36(30(31)39)19-10-8-18(32)9-11-19)34-29(38)24-15-22-21-6-4-5-7-25(21)35(17-28(37)41-3)27(22)16-33-24;/h4-16H,17H2,1-3H3,(H,34,38);1H/t31-;/m0./s1. The van der Waals surface area contributed by atoms with E-state index in [1.807, 2.05) is 24.3 Å². The summed E-state index contributed by atoms with van der Waals surface area (Å²) in [5, 5.41) is 4.46. The lowest BCUT2D eigenvalue weighted by Crippen LogP contribution is -2.50. The van der Waals surface area contributed by atoms with Gasteiger partial charge >= 0.3 is 5.97 Å². The van der Waals surface area contributed by atoms with E-state index in [9.17, 15) is 18.8 Å². The molecule has 3 aromatic carbocycles. The van der Waals surface area contributed by atoms with E-state index < -0.39 is 29.1 Å². The van der Waals surface area contributed by atoms with Gasteiger partial charge in [0.15, 0.2) is 0 Å². The van der Waals surface area contributed by atoms with E-state index in [-0.39, 0.29) is 24.6 Å². The molecule has 1 aliphatic heterocycles. The number of rotatable bonds is 6. The number of ether oxygens (including phenoxy) is 2. The highest BCUT2D eigenvalue weighted by Crippen LogP contribution is 2.45. The Kier molecular flexibility index (Phi) is 7.34. The number of methoxy groups -OCH3 is 2. The Bertz CT molecular complexity index is 1870. The first-order valence-corrected chi connectivity index (χ1v) is 12.8. The molecule has 6 rings (SSSR count). The Morgan fingerprint density at radius 1 is 0.976 bits per heavy atom. The number of halogens is 2. The summed E-state index contributed by atoms with van der Waals surface area (Å²) in [6, 6.07) is 19.9. The van der Waals surface area contributed by atoms with Crippen LogP contribution in [0.15, 0.2) is 79.0 Å². The van der Waals surface area contributed by atoms with Crippen LogP contribution in [-0.2, 0) is 26.4 Å². The number of carbonyl (C=O) groups excluding carboxylic acids is 3. The van der Waals surface area contributed by atoms with Gasteiger partial charge in [0.2, 0.25) is 0 Å². The van der Waals surface area contributed by atoms with E-state index in [2.05, 4.69) is 10.3 Å². The van der Waals surface area contributed by atoms with Crippen molar-refractivity contribution in [3.05, 3.63) is 96.1 Å². The summed E-state index contributed by atoms with van der Waals surface area (Å²) in [6.45, 7) is 1.61. The Morgan fingerprint density at radius 2 is 1.71 bits per heavy atom. The van der Waals surface area contributed by atoms with Crippen molar-refractivity contribution < 1.29 is 28.2 Å². The molecule has 0 fully saturated rings. The van der Waals surface area contributed by atoms with Crippen molar-refractivity contribution >= 4 is 63.4 Å². The Balaban J connectivity index is 0.00000353. The fourth-order valence-corrected chi connectivity index (χ4v) is 5.38. The van der Waals surface area contributed by atoms with Crippen molar-refractivity contribution in [1.29, 1.82) is 0 Å². The monoisotopic (exact) mass is 588 g/mol. The maximum absolute atomic E-state index is 14.0. The molecule has 3 heterocycles.